The van der Waals surface area contributed by atoms with Gasteiger partial charge < -0.3 is 16.2 Å². The van der Waals surface area contributed by atoms with Gasteiger partial charge in [0.1, 0.15) is 12.1 Å². The molecule has 0 fully saturated rings. The first kappa shape index (κ1) is 19.2. The van der Waals surface area contributed by atoms with E-state index >= 15 is 0 Å². The molecule has 0 aliphatic rings. The number of benzene rings is 1. The van der Waals surface area contributed by atoms with Crippen LogP contribution in [-0.2, 0) is 4.79 Å². The van der Waals surface area contributed by atoms with Crippen LogP contribution in [0.3, 0.4) is 0 Å². The minimum Gasteiger partial charge on any atom is -0.381 e. The number of carbonyl (C=O) groups excluding carboxylic acids is 2. The molecule has 3 atom stereocenters. The Morgan fingerprint density at radius 3 is 2.29 bits per heavy atom. The molecule has 7 nitrogen and oxygen atoms in total. The lowest BCUT2D eigenvalue weighted by molar-refractivity contribution is -0.131. The Bertz CT molecular complexity index is 703. The zero-order chi connectivity index (χ0) is 18.1. The lowest BCUT2D eigenvalue weighted by atomic mass is 10.1. The van der Waals surface area contributed by atoms with E-state index in [1.807, 2.05) is 0 Å². The quantitative estimate of drug-likeness (QED) is 0.286. The van der Waals surface area contributed by atoms with Crippen LogP contribution in [-0.4, -0.2) is 40.3 Å². The molecule has 0 radical (unpaired) electrons. The molecule has 0 spiro atoms. The molecule has 0 aliphatic carbocycles. The fraction of sp³-hybridized carbons (Fsp3) is 0.294. The highest BCUT2D eigenvalue weighted by Crippen LogP contribution is 2.04. The van der Waals surface area contributed by atoms with Gasteiger partial charge in [-0.2, -0.15) is 0 Å². The summed E-state index contributed by atoms with van der Waals surface area (Å²) in [5.74, 6) is 9.05. The van der Waals surface area contributed by atoms with Gasteiger partial charge >= 0.3 is 0 Å². The van der Waals surface area contributed by atoms with Crippen molar-refractivity contribution in [2.45, 2.75) is 32.0 Å². The summed E-state index contributed by atoms with van der Waals surface area (Å²) in [4.78, 5) is 23.6. The van der Waals surface area contributed by atoms with Crippen LogP contribution >= 0.6 is 0 Å². The molecule has 126 valence electrons. The summed E-state index contributed by atoms with van der Waals surface area (Å²) in [6.45, 7) is 3.07. The van der Waals surface area contributed by atoms with Crippen molar-refractivity contribution < 1.29 is 19.9 Å². The first-order chi connectivity index (χ1) is 11.3. The molecule has 0 bridgehead atoms. The predicted molar refractivity (Wildman–Crippen MR) is 87.6 cm³/mol. The van der Waals surface area contributed by atoms with E-state index in [2.05, 4.69) is 29.0 Å². The number of rotatable bonds is 4. The average molecular weight is 329 g/mol. The summed E-state index contributed by atoms with van der Waals surface area (Å²) in [7, 11) is 0. The Balaban J connectivity index is 2.80. The molecular weight excluding hydrogens is 310 g/mol. The minimum atomic E-state index is -1.06. The molecule has 24 heavy (non-hydrogen) atoms. The van der Waals surface area contributed by atoms with Crippen LogP contribution in [0.4, 0.5) is 0 Å². The van der Waals surface area contributed by atoms with Crippen molar-refractivity contribution >= 4 is 11.8 Å². The summed E-state index contributed by atoms with van der Waals surface area (Å²) in [6, 6.07) is 4.59. The van der Waals surface area contributed by atoms with E-state index in [0.29, 0.717) is 11.1 Å². The second-order valence-corrected chi connectivity index (χ2v) is 5.06. The van der Waals surface area contributed by atoms with Crippen LogP contribution < -0.4 is 16.5 Å². The molecule has 6 N–H and O–H groups in total. The normalized spacial score (nSPS) is 13.2. The number of hydrogen-bond acceptors (Lipinski definition) is 5. The number of nitrogens with two attached hydrogens (primary N) is 1. The van der Waals surface area contributed by atoms with Gasteiger partial charge in [-0.1, -0.05) is 11.8 Å². The summed E-state index contributed by atoms with van der Waals surface area (Å²) in [5.41, 5.74) is 8.04. The third-order valence-corrected chi connectivity index (χ3v) is 2.90. The van der Waals surface area contributed by atoms with Gasteiger partial charge in [0.25, 0.3) is 11.8 Å². The van der Waals surface area contributed by atoms with E-state index in [-0.39, 0.29) is 0 Å². The number of aliphatic hydroxyl groups is 1. The van der Waals surface area contributed by atoms with Crippen LogP contribution in [0.2, 0.25) is 0 Å². The monoisotopic (exact) mass is 329 g/mol. The molecule has 0 saturated heterocycles. The van der Waals surface area contributed by atoms with Gasteiger partial charge in [0.15, 0.2) is 0 Å². The maximum atomic E-state index is 12.1. The number of hydrogen-bond donors (Lipinski definition) is 5. The van der Waals surface area contributed by atoms with Crippen molar-refractivity contribution in [2.24, 2.45) is 5.73 Å². The highest BCUT2D eigenvalue weighted by atomic mass is 16.5. The lowest BCUT2D eigenvalue weighted by Gasteiger charge is -2.19. The van der Waals surface area contributed by atoms with Gasteiger partial charge in [-0.15, -0.1) is 0 Å². The summed E-state index contributed by atoms with van der Waals surface area (Å²) < 4.78 is 0. The Morgan fingerprint density at radius 2 is 1.79 bits per heavy atom. The summed E-state index contributed by atoms with van der Waals surface area (Å²) >= 11 is 0. The van der Waals surface area contributed by atoms with E-state index < -0.39 is 30.0 Å². The fourth-order valence-electron chi connectivity index (χ4n) is 1.68. The third kappa shape index (κ3) is 6.11. The van der Waals surface area contributed by atoms with Gasteiger partial charge in [-0.25, -0.2) is 5.48 Å². The Hall–Kier alpha value is -2.84. The molecule has 0 aliphatic heterocycles. The molecule has 0 heterocycles. The van der Waals surface area contributed by atoms with Crippen molar-refractivity contribution in [3.8, 4) is 23.7 Å². The second kappa shape index (κ2) is 9.33. The minimum absolute atomic E-state index is 0.312. The number of nitrogens with one attached hydrogen (secondary N) is 2. The third-order valence-electron chi connectivity index (χ3n) is 2.90. The molecule has 1 aromatic carbocycles. The van der Waals surface area contributed by atoms with Crippen LogP contribution in [0.5, 0.6) is 0 Å². The van der Waals surface area contributed by atoms with Gasteiger partial charge in [0, 0.05) is 17.2 Å². The zero-order valence-corrected chi connectivity index (χ0v) is 13.3. The Morgan fingerprint density at radius 1 is 1.17 bits per heavy atom. The van der Waals surface area contributed by atoms with Crippen molar-refractivity contribution in [1.29, 1.82) is 0 Å². The average Bonchev–Trinajstić information content (AvgIpc) is 2.55. The van der Waals surface area contributed by atoms with Crippen molar-refractivity contribution in [2.75, 3.05) is 0 Å². The van der Waals surface area contributed by atoms with Gasteiger partial charge in [-0.3, -0.25) is 14.8 Å². The molecule has 1 aromatic rings. The molecular formula is C17H19N3O4. The maximum Gasteiger partial charge on any atom is 0.267 e. The molecule has 1 rings (SSSR count). The van der Waals surface area contributed by atoms with Crippen LogP contribution in [0.25, 0.3) is 0 Å². The van der Waals surface area contributed by atoms with Gasteiger partial charge in [-0.05, 0) is 50.0 Å². The molecule has 7 heteroatoms. The number of carbonyl (C=O) groups is 2. The van der Waals surface area contributed by atoms with Crippen LogP contribution in [0.1, 0.15) is 29.8 Å². The number of amides is 2. The predicted octanol–water partition coefficient (Wildman–Crippen LogP) is -0.627. The Labute approximate surface area is 140 Å². The standard InChI is InChI=1S/C17H19N3O4/c1-11(21)5-3-4-6-13-7-9-14(10-8-13)16(22)19-15(12(2)18)17(23)20-24/h7-12,15,21,24H,18H2,1-2H3,(H,19,22)(H,20,23)/t11?,12-,15?/m1/s1. The van der Waals surface area contributed by atoms with E-state index in [9.17, 15) is 9.59 Å². The summed E-state index contributed by atoms with van der Waals surface area (Å²) in [6.07, 6.45) is -0.737. The van der Waals surface area contributed by atoms with E-state index in [1.54, 1.807) is 12.1 Å². The molecule has 0 aromatic heterocycles. The number of hydroxylamine groups is 1. The first-order valence-corrected chi connectivity index (χ1v) is 7.15. The molecule has 2 unspecified atom stereocenters. The Kier molecular flexibility index (Phi) is 7.47. The highest BCUT2D eigenvalue weighted by Gasteiger charge is 2.24. The van der Waals surface area contributed by atoms with Crippen LogP contribution in [0, 0.1) is 23.7 Å². The van der Waals surface area contributed by atoms with Crippen molar-refractivity contribution in [1.82, 2.24) is 10.8 Å². The summed E-state index contributed by atoms with van der Waals surface area (Å²) in [5, 5.41) is 20.1. The van der Waals surface area contributed by atoms with E-state index in [4.69, 9.17) is 16.0 Å². The van der Waals surface area contributed by atoms with Crippen molar-refractivity contribution in [3.63, 3.8) is 0 Å². The van der Waals surface area contributed by atoms with E-state index in [0.717, 1.165) is 0 Å². The second-order valence-electron chi connectivity index (χ2n) is 5.06. The lowest BCUT2D eigenvalue weighted by Crippen LogP contribution is -2.54. The van der Waals surface area contributed by atoms with E-state index in [1.165, 1.54) is 31.5 Å². The topological polar surface area (TPSA) is 125 Å². The van der Waals surface area contributed by atoms with Gasteiger partial charge in [0.2, 0.25) is 0 Å². The number of aliphatic hydroxyl groups excluding tert-OH is 1. The largest absolute Gasteiger partial charge is 0.381 e. The van der Waals surface area contributed by atoms with Gasteiger partial charge in [0.05, 0.1) is 0 Å². The SMILES string of the molecule is CC(O)C#CC#Cc1ccc(C(=O)NC(C(=O)NO)[C@@H](C)N)cc1. The van der Waals surface area contributed by atoms with Crippen molar-refractivity contribution in [3.05, 3.63) is 35.4 Å². The zero-order valence-electron chi connectivity index (χ0n) is 13.3. The molecule has 0 saturated carbocycles. The fourth-order valence-corrected chi connectivity index (χ4v) is 1.68. The highest BCUT2D eigenvalue weighted by molar-refractivity contribution is 5.97. The van der Waals surface area contributed by atoms with Crippen LogP contribution in [0.15, 0.2) is 24.3 Å². The first-order valence-electron chi connectivity index (χ1n) is 7.15. The molecule has 2 amide bonds. The smallest absolute Gasteiger partial charge is 0.267 e. The maximum absolute atomic E-state index is 12.1.